The lowest BCUT2D eigenvalue weighted by atomic mass is 10.1. The molecule has 18 heavy (non-hydrogen) atoms. The second-order valence-corrected chi connectivity index (χ2v) is 5.60. The summed E-state index contributed by atoms with van der Waals surface area (Å²) in [6.07, 6.45) is 0.990. The monoisotopic (exact) mass is 281 g/mol. The molecule has 0 amide bonds. The molecule has 0 atom stereocenters. The van der Waals surface area contributed by atoms with Crippen LogP contribution in [0, 0.1) is 0 Å². The average molecular weight is 282 g/mol. The molecule has 2 nitrogen and oxygen atoms in total. The van der Waals surface area contributed by atoms with Crippen molar-refractivity contribution in [2.45, 2.75) is 13.0 Å². The van der Waals surface area contributed by atoms with Crippen molar-refractivity contribution in [2.24, 2.45) is 0 Å². The molecule has 0 fully saturated rings. The van der Waals surface area contributed by atoms with Crippen molar-refractivity contribution >= 4 is 28.6 Å². The van der Waals surface area contributed by atoms with E-state index in [2.05, 4.69) is 22.4 Å². The summed E-state index contributed by atoms with van der Waals surface area (Å²) in [4.78, 5) is 3.47. The summed E-state index contributed by atoms with van der Waals surface area (Å²) in [6, 6.07) is 9.83. The molecule has 96 valence electrons. The SMILES string of the molecule is CN(CCc1cccs1)c1c(Cl)cccc1CO. The van der Waals surface area contributed by atoms with Crippen LogP contribution in [0.25, 0.3) is 0 Å². The van der Waals surface area contributed by atoms with E-state index >= 15 is 0 Å². The summed E-state index contributed by atoms with van der Waals surface area (Å²) in [5, 5.41) is 12.1. The molecule has 4 heteroatoms. The molecule has 0 aliphatic carbocycles. The van der Waals surface area contributed by atoms with Gasteiger partial charge in [-0.15, -0.1) is 11.3 Å². The lowest BCUT2D eigenvalue weighted by Gasteiger charge is -2.23. The van der Waals surface area contributed by atoms with E-state index in [1.54, 1.807) is 11.3 Å². The third-order valence-corrected chi connectivity index (χ3v) is 4.14. The minimum absolute atomic E-state index is 0.0131. The molecule has 1 heterocycles. The van der Waals surface area contributed by atoms with Crippen molar-refractivity contribution in [1.29, 1.82) is 0 Å². The van der Waals surface area contributed by atoms with Crippen LogP contribution in [0.4, 0.5) is 5.69 Å². The van der Waals surface area contributed by atoms with Gasteiger partial charge in [-0.25, -0.2) is 0 Å². The van der Waals surface area contributed by atoms with Crippen molar-refractivity contribution < 1.29 is 5.11 Å². The predicted octanol–water partition coefficient (Wildman–Crippen LogP) is 3.57. The number of hydrogen-bond acceptors (Lipinski definition) is 3. The molecule has 0 aliphatic rings. The standard InChI is InChI=1S/C14H16ClNOS/c1-16(8-7-12-5-3-9-18-12)14-11(10-17)4-2-6-13(14)15/h2-6,9,17H,7-8,10H2,1H3. The topological polar surface area (TPSA) is 23.5 Å². The number of aliphatic hydroxyl groups is 1. The molecule has 0 radical (unpaired) electrons. The fourth-order valence-corrected chi connectivity index (χ4v) is 3.00. The van der Waals surface area contributed by atoms with Crippen LogP contribution in [0.2, 0.25) is 5.02 Å². The first-order valence-corrected chi connectivity index (χ1v) is 7.10. The minimum Gasteiger partial charge on any atom is -0.392 e. The third kappa shape index (κ3) is 3.05. The van der Waals surface area contributed by atoms with E-state index in [1.165, 1.54) is 4.88 Å². The molecule has 0 saturated carbocycles. The van der Waals surface area contributed by atoms with E-state index in [0.29, 0.717) is 5.02 Å². The minimum atomic E-state index is 0.0131. The highest BCUT2D eigenvalue weighted by Gasteiger charge is 2.11. The number of para-hydroxylation sites is 1. The predicted molar refractivity (Wildman–Crippen MR) is 78.7 cm³/mol. The quantitative estimate of drug-likeness (QED) is 0.906. The molecule has 2 rings (SSSR count). The third-order valence-electron chi connectivity index (χ3n) is 2.90. The molecule has 2 aromatic rings. The van der Waals surface area contributed by atoms with Gasteiger partial charge >= 0.3 is 0 Å². The van der Waals surface area contributed by atoms with Crippen molar-refractivity contribution in [3.8, 4) is 0 Å². The maximum absolute atomic E-state index is 9.36. The van der Waals surface area contributed by atoms with Crippen LogP contribution >= 0.6 is 22.9 Å². The molecule has 0 aliphatic heterocycles. The van der Waals surface area contributed by atoms with Crippen molar-refractivity contribution in [3.63, 3.8) is 0 Å². The number of benzene rings is 1. The van der Waals surface area contributed by atoms with Crippen molar-refractivity contribution in [3.05, 3.63) is 51.2 Å². The van der Waals surface area contributed by atoms with Crippen molar-refractivity contribution in [2.75, 3.05) is 18.5 Å². The van der Waals surface area contributed by atoms with Gasteiger partial charge in [0.25, 0.3) is 0 Å². The maximum Gasteiger partial charge on any atom is 0.0702 e. The molecule has 1 aromatic heterocycles. The maximum atomic E-state index is 9.36. The molecular weight excluding hydrogens is 266 g/mol. The van der Waals surface area contributed by atoms with E-state index in [4.69, 9.17) is 11.6 Å². The van der Waals surface area contributed by atoms with Crippen LogP contribution in [0.3, 0.4) is 0 Å². The highest BCUT2D eigenvalue weighted by molar-refractivity contribution is 7.09. The number of nitrogens with zero attached hydrogens (tertiary/aromatic N) is 1. The summed E-state index contributed by atoms with van der Waals surface area (Å²) < 4.78 is 0. The molecule has 0 spiro atoms. The number of aliphatic hydroxyl groups excluding tert-OH is 1. The van der Waals surface area contributed by atoms with Crippen LogP contribution in [0.5, 0.6) is 0 Å². The molecule has 1 N–H and O–H groups in total. The summed E-state index contributed by atoms with van der Waals surface area (Å²) in [7, 11) is 2.01. The van der Waals surface area contributed by atoms with Gasteiger partial charge < -0.3 is 10.0 Å². The fraction of sp³-hybridized carbons (Fsp3) is 0.286. The van der Waals surface area contributed by atoms with Gasteiger partial charge in [-0.2, -0.15) is 0 Å². The first kappa shape index (κ1) is 13.4. The Hall–Kier alpha value is -1.03. The zero-order valence-corrected chi connectivity index (χ0v) is 11.8. The van der Waals surface area contributed by atoms with Crippen LogP contribution in [-0.4, -0.2) is 18.7 Å². The second-order valence-electron chi connectivity index (χ2n) is 4.16. The van der Waals surface area contributed by atoms with E-state index in [9.17, 15) is 5.11 Å². The Labute approximate surface area is 116 Å². The van der Waals surface area contributed by atoms with Crippen LogP contribution < -0.4 is 4.90 Å². The van der Waals surface area contributed by atoms with E-state index < -0.39 is 0 Å². The normalized spacial score (nSPS) is 10.6. The largest absolute Gasteiger partial charge is 0.392 e. The molecule has 0 saturated heterocycles. The zero-order valence-electron chi connectivity index (χ0n) is 10.3. The van der Waals surface area contributed by atoms with E-state index in [1.807, 2.05) is 25.2 Å². The summed E-state index contributed by atoms with van der Waals surface area (Å²) in [5.74, 6) is 0. The second kappa shape index (κ2) is 6.23. The lowest BCUT2D eigenvalue weighted by molar-refractivity contribution is 0.282. The number of thiophene rings is 1. The number of hydrogen-bond donors (Lipinski definition) is 1. The summed E-state index contributed by atoms with van der Waals surface area (Å²) in [5.41, 5.74) is 1.80. The van der Waals surface area contributed by atoms with E-state index in [-0.39, 0.29) is 6.61 Å². The number of likely N-dealkylation sites (N-methyl/N-ethyl adjacent to an activating group) is 1. The highest BCUT2D eigenvalue weighted by Crippen LogP contribution is 2.29. The van der Waals surface area contributed by atoms with Gasteiger partial charge in [-0.1, -0.05) is 29.8 Å². The van der Waals surface area contributed by atoms with Crippen LogP contribution in [-0.2, 0) is 13.0 Å². The van der Waals surface area contributed by atoms with Gasteiger partial charge in [-0.05, 0) is 23.9 Å². The zero-order chi connectivity index (χ0) is 13.0. The van der Waals surface area contributed by atoms with Crippen molar-refractivity contribution in [1.82, 2.24) is 0 Å². The van der Waals surface area contributed by atoms with Gasteiger partial charge in [0.2, 0.25) is 0 Å². The van der Waals surface area contributed by atoms with Gasteiger partial charge in [0.05, 0.1) is 17.3 Å². The van der Waals surface area contributed by atoms with Gasteiger partial charge in [0.15, 0.2) is 0 Å². The van der Waals surface area contributed by atoms with Crippen LogP contribution in [0.15, 0.2) is 35.7 Å². The highest BCUT2D eigenvalue weighted by atomic mass is 35.5. The number of rotatable bonds is 5. The average Bonchev–Trinajstić information content (AvgIpc) is 2.88. The number of halogens is 1. The molecule has 0 bridgehead atoms. The fourth-order valence-electron chi connectivity index (χ4n) is 1.96. The Morgan fingerprint density at radius 1 is 1.28 bits per heavy atom. The Morgan fingerprint density at radius 2 is 2.11 bits per heavy atom. The molecule has 0 unspecified atom stereocenters. The van der Waals surface area contributed by atoms with Gasteiger partial charge in [-0.3, -0.25) is 0 Å². The van der Waals surface area contributed by atoms with Gasteiger partial charge in [0, 0.05) is 24.0 Å². The number of anilines is 1. The molecular formula is C14H16ClNOS. The molecule has 1 aromatic carbocycles. The summed E-state index contributed by atoms with van der Waals surface area (Å²) >= 11 is 7.98. The van der Waals surface area contributed by atoms with E-state index in [0.717, 1.165) is 24.2 Å². The first-order chi connectivity index (χ1) is 8.72. The summed E-state index contributed by atoms with van der Waals surface area (Å²) in [6.45, 7) is 0.899. The lowest BCUT2D eigenvalue weighted by Crippen LogP contribution is -2.21. The Morgan fingerprint density at radius 3 is 2.78 bits per heavy atom. The Bertz CT molecular complexity index is 499. The first-order valence-electron chi connectivity index (χ1n) is 5.84. The Balaban J connectivity index is 2.10. The van der Waals surface area contributed by atoms with Gasteiger partial charge in [0.1, 0.15) is 0 Å². The Kier molecular flexibility index (Phi) is 4.64. The smallest absolute Gasteiger partial charge is 0.0702 e. The van der Waals surface area contributed by atoms with Crippen LogP contribution in [0.1, 0.15) is 10.4 Å².